The molecule has 0 saturated carbocycles. The number of carbonyl (C=O) groups is 1. The minimum Gasteiger partial charge on any atom is -0.348 e. The van der Waals surface area contributed by atoms with Gasteiger partial charge < -0.3 is 5.32 Å². The Morgan fingerprint density at radius 2 is 2.18 bits per heavy atom. The van der Waals surface area contributed by atoms with Gasteiger partial charge >= 0.3 is 0 Å². The van der Waals surface area contributed by atoms with E-state index in [-0.39, 0.29) is 17.3 Å². The average Bonchev–Trinajstić information content (AvgIpc) is 2.36. The van der Waals surface area contributed by atoms with Crippen LogP contribution in [0.3, 0.4) is 0 Å². The van der Waals surface area contributed by atoms with Crippen molar-refractivity contribution in [1.82, 2.24) is 10.0 Å². The van der Waals surface area contributed by atoms with E-state index in [1.54, 1.807) is 12.1 Å². The number of sulfonamides is 1. The molecule has 17 heavy (non-hydrogen) atoms. The second-order valence-electron chi connectivity index (χ2n) is 3.28. The van der Waals surface area contributed by atoms with Crippen LogP contribution in [0, 0.1) is 0 Å². The molecule has 0 saturated heterocycles. The van der Waals surface area contributed by atoms with E-state index in [1.807, 2.05) is 0 Å². The van der Waals surface area contributed by atoms with Crippen molar-refractivity contribution in [3.63, 3.8) is 0 Å². The zero-order valence-electron chi connectivity index (χ0n) is 9.43. The molecular formula is C11H14N2O3S. The summed E-state index contributed by atoms with van der Waals surface area (Å²) in [6.45, 7) is 3.59. The maximum Gasteiger partial charge on any atom is 0.243 e. The Kier molecular flexibility index (Phi) is 4.42. The molecule has 1 aromatic carbocycles. The standard InChI is InChI=1S/C11H14N2O3S/c1-3-11(14)13-8-9-5-4-6-10(7-9)17(15,16)12-2/h3-7,12H,1,8H2,2H3,(H,13,14). The summed E-state index contributed by atoms with van der Waals surface area (Å²) in [4.78, 5) is 11.1. The van der Waals surface area contributed by atoms with Crippen molar-refractivity contribution < 1.29 is 13.2 Å². The van der Waals surface area contributed by atoms with Crippen molar-refractivity contribution in [2.45, 2.75) is 11.4 Å². The van der Waals surface area contributed by atoms with E-state index < -0.39 is 10.0 Å². The third-order valence-corrected chi connectivity index (χ3v) is 3.54. The molecule has 2 N–H and O–H groups in total. The summed E-state index contributed by atoms with van der Waals surface area (Å²) in [7, 11) is -2.10. The summed E-state index contributed by atoms with van der Waals surface area (Å²) in [5.74, 6) is -0.299. The van der Waals surface area contributed by atoms with Crippen LogP contribution in [-0.4, -0.2) is 21.4 Å². The Hall–Kier alpha value is -1.66. The fourth-order valence-electron chi connectivity index (χ4n) is 1.20. The van der Waals surface area contributed by atoms with E-state index in [0.717, 1.165) is 6.08 Å². The topological polar surface area (TPSA) is 75.3 Å². The maximum absolute atomic E-state index is 11.5. The number of carbonyl (C=O) groups excluding carboxylic acids is 1. The molecule has 0 atom stereocenters. The van der Waals surface area contributed by atoms with E-state index in [1.165, 1.54) is 19.2 Å². The van der Waals surface area contributed by atoms with Crippen molar-refractivity contribution in [2.24, 2.45) is 0 Å². The first-order chi connectivity index (χ1) is 7.99. The predicted molar refractivity (Wildman–Crippen MR) is 64.7 cm³/mol. The number of nitrogens with one attached hydrogen (secondary N) is 2. The average molecular weight is 254 g/mol. The van der Waals surface area contributed by atoms with Crippen LogP contribution in [0.25, 0.3) is 0 Å². The van der Waals surface area contributed by atoms with Crippen molar-refractivity contribution in [3.05, 3.63) is 42.5 Å². The first-order valence-corrected chi connectivity index (χ1v) is 6.40. The lowest BCUT2D eigenvalue weighted by Crippen LogP contribution is -2.21. The highest BCUT2D eigenvalue weighted by Crippen LogP contribution is 2.10. The lowest BCUT2D eigenvalue weighted by Gasteiger charge is -2.06. The van der Waals surface area contributed by atoms with Crippen LogP contribution in [0.4, 0.5) is 0 Å². The first kappa shape index (κ1) is 13.4. The van der Waals surface area contributed by atoms with Gasteiger partial charge in [0, 0.05) is 6.54 Å². The van der Waals surface area contributed by atoms with E-state index >= 15 is 0 Å². The number of hydrogen-bond donors (Lipinski definition) is 2. The normalized spacial score (nSPS) is 10.9. The molecule has 0 bridgehead atoms. The van der Waals surface area contributed by atoms with E-state index in [0.29, 0.717) is 5.56 Å². The highest BCUT2D eigenvalue weighted by Gasteiger charge is 2.11. The lowest BCUT2D eigenvalue weighted by atomic mass is 10.2. The Morgan fingerprint density at radius 3 is 2.76 bits per heavy atom. The lowest BCUT2D eigenvalue weighted by molar-refractivity contribution is -0.116. The number of amides is 1. The van der Waals surface area contributed by atoms with Crippen LogP contribution in [0.15, 0.2) is 41.8 Å². The van der Waals surface area contributed by atoms with Gasteiger partial charge in [-0.15, -0.1) is 0 Å². The Labute approximate surface area is 101 Å². The molecule has 0 unspecified atom stereocenters. The largest absolute Gasteiger partial charge is 0.348 e. The summed E-state index contributed by atoms with van der Waals surface area (Å²) in [6.07, 6.45) is 1.16. The molecule has 0 aliphatic rings. The second kappa shape index (κ2) is 5.60. The molecule has 1 aromatic rings. The molecule has 1 amide bonds. The molecule has 0 heterocycles. The number of rotatable bonds is 5. The molecule has 0 radical (unpaired) electrons. The van der Waals surface area contributed by atoms with Crippen molar-refractivity contribution in [2.75, 3.05) is 7.05 Å². The number of hydrogen-bond acceptors (Lipinski definition) is 3. The maximum atomic E-state index is 11.5. The fourth-order valence-corrected chi connectivity index (χ4v) is 2.00. The van der Waals surface area contributed by atoms with Gasteiger partial charge in [-0.3, -0.25) is 4.79 Å². The van der Waals surface area contributed by atoms with Gasteiger partial charge in [0.05, 0.1) is 4.90 Å². The van der Waals surface area contributed by atoms with Crippen molar-refractivity contribution in [3.8, 4) is 0 Å². The van der Waals surface area contributed by atoms with Gasteiger partial charge in [-0.05, 0) is 30.8 Å². The highest BCUT2D eigenvalue weighted by atomic mass is 32.2. The Morgan fingerprint density at radius 1 is 1.47 bits per heavy atom. The van der Waals surface area contributed by atoms with Crippen molar-refractivity contribution >= 4 is 15.9 Å². The van der Waals surface area contributed by atoms with Gasteiger partial charge in [-0.25, -0.2) is 13.1 Å². The third-order valence-electron chi connectivity index (χ3n) is 2.13. The van der Waals surface area contributed by atoms with Crippen molar-refractivity contribution in [1.29, 1.82) is 0 Å². The van der Waals surface area contributed by atoms with Crippen LogP contribution in [-0.2, 0) is 21.4 Å². The molecule has 92 valence electrons. The first-order valence-electron chi connectivity index (χ1n) is 4.92. The molecule has 0 aliphatic carbocycles. The molecule has 0 spiro atoms. The van der Waals surface area contributed by atoms with Gasteiger partial charge in [0.2, 0.25) is 15.9 Å². The molecule has 1 rings (SSSR count). The van der Waals surface area contributed by atoms with E-state index in [2.05, 4.69) is 16.6 Å². The van der Waals surface area contributed by atoms with Gasteiger partial charge in [-0.1, -0.05) is 18.7 Å². The Balaban J connectivity index is 2.87. The summed E-state index contributed by atoms with van der Waals surface area (Å²) in [6, 6.07) is 6.36. The van der Waals surface area contributed by atoms with Gasteiger partial charge in [-0.2, -0.15) is 0 Å². The summed E-state index contributed by atoms with van der Waals surface area (Å²) in [5.41, 5.74) is 0.705. The monoisotopic (exact) mass is 254 g/mol. The highest BCUT2D eigenvalue weighted by molar-refractivity contribution is 7.89. The Bertz CT molecular complexity index is 523. The molecule has 6 heteroatoms. The summed E-state index contributed by atoms with van der Waals surface area (Å²) in [5, 5.41) is 2.57. The van der Waals surface area contributed by atoms with Gasteiger partial charge in [0.1, 0.15) is 0 Å². The number of benzene rings is 1. The SMILES string of the molecule is C=CC(=O)NCc1cccc(S(=O)(=O)NC)c1. The van der Waals surface area contributed by atoms with Gasteiger partial charge in [0.15, 0.2) is 0 Å². The van der Waals surface area contributed by atoms with Crippen LogP contribution < -0.4 is 10.0 Å². The fraction of sp³-hybridized carbons (Fsp3) is 0.182. The molecule has 5 nitrogen and oxygen atoms in total. The quantitative estimate of drug-likeness (QED) is 0.747. The molecule has 0 fully saturated rings. The predicted octanol–water partition coefficient (Wildman–Crippen LogP) is 0.397. The third kappa shape index (κ3) is 3.69. The van der Waals surface area contributed by atoms with Crippen LogP contribution in [0.1, 0.15) is 5.56 Å². The molecular weight excluding hydrogens is 240 g/mol. The zero-order valence-corrected chi connectivity index (χ0v) is 10.3. The summed E-state index contributed by atoms with van der Waals surface area (Å²) < 4.78 is 25.3. The molecule has 0 aliphatic heterocycles. The van der Waals surface area contributed by atoms with E-state index in [9.17, 15) is 13.2 Å². The van der Waals surface area contributed by atoms with E-state index in [4.69, 9.17) is 0 Å². The van der Waals surface area contributed by atoms with Gasteiger partial charge in [0.25, 0.3) is 0 Å². The zero-order chi connectivity index (χ0) is 12.9. The van der Waals surface area contributed by atoms with Crippen LogP contribution in [0.2, 0.25) is 0 Å². The van der Waals surface area contributed by atoms with Crippen LogP contribution >= 0.6 is 0 Å². The second-order valence-corrected chi connectivity index (χ2v) is 5.16. The smallest absolute Gasteiger partial charge is 0.243 e. The minimum absolute atomic E-state index is 0.172. The minimum atomic E-state index is -3.45. The summed E-state index contributed by atoms with van der Waals surface area (Å²) >= 11 is 0. The van der Waals surface area contributed by atoms with Crippen LogP contribution in [0.5, 0.6) is 0 Å². The molecule has 0 aromatic heterocycles.